The molecule has 1 amide bonds. The highest BCUT2D eigenvalue weighted by Crippen LogP contribution is 2.31. The maximum atomic E-state index is 11.7. The quantitative estimate of drug-likeness (QED) is 0.639. The van der Waals surface area contributed by atoms with Crippen molar-refractivity contribution in [3.8, 4) is 0 Å². The molecule has 13 heavy (non-hydrogen) atoms. The van der Waals surface area contributed by atoms with Crippen molar-refractivity contribution >= 4 is 5.91 Å². The third-order valence-corrected chi connectivity index (χ3v) is 2.95. The van der Waals surface area contributed by atoms with Crippen LogP contribution in [0.4, 0.5) is 0 Å². The number of carbonyl (C=O) groups is 1. The fourth-order valence-corrected chi connectivity index (χ4v) is 2.17. The van der Waals surface area contributed by atoms with Crippen molar-refractivity contribution in [3.63, 3.8) is 0 Å². The lowest BCUT2D eigenvalue weighted by Gasteiger charge is -2.39. The van der Waals surface area contributed by atoms with Gasteiger partial charge in [0.2, 0.25) is 5.91 Å². The van der Waals surface area contributed by atoms with Gasteiger partial charge in [0, 0.05) is 0 Å². The lowest BCUT2D eigenvalue weighted by molar-refractivity contribution is -0.176. The van der Waals surface area contributed by atoms with Gasteiger partial charge in [-0.25, -0.2) is 0 Å². The Hall–Kier alpha value is -0.610. The summed E-state index contributed by atoms with van der Waals surface area (Å²) in [5.41, 5.74) is 0. The first kappa shape index (κ1) is 8.97. The van der Waals surface area contributed by atoms with Gasteiger partial charge in [0.25, 0.3) is 0 Å². The number of aliphatic hydroxyl groups excluding tert-OH is 1. The Morgan fingerprint density at radius 3 is 3.00 bits per heavy atom. The molecule has 4 nitrogen and oxygen atoms in total. The third kappa shape index (κ3) is 1.56. The average Bonchev–Trinajstić information content (AvgIpc) is 2.19. The van der Waals surface area contributed by atoms with Crippen LogP contribution in [0.15, 0.2) is 0 Å². The SMILES string of the molecule is O=C1[C@@H]2CCCC[C@@H]2OCN1CO. The summed E-state index contributed by atoms with van der Waals surface area (Å²) in [4.78, 5) is 13.0. The number of nitrogens with zero attached hydrogens (tertiary/aromatic N) is 1. The van der Waals surface area contributed by atoms with Gasteiger partial charge in [-0.1, -0.05) is 12.8 Å². The van der Waals surface area contributed by atoms with Gasteiger partial charge in [0.1, 0.15) is 13.5 Å². The molecule has 0 spiro atoms. The van der Waals surface area contributed by atoms with Crippen LogP contribution in [-0.2, 0) is 9.53 Å². The standard InChI is InChI=1S/C9H15NO3/c11-5-10-6-13-8-4-2-1-3-7(8)9(10)12/h7-8,11H,1-6H2/t7-,8+/m1/s1. The molecular weight excluding hydrogens is 170 g/mol. The van der Waals surface area contributed by atoms with E-state index < -0.39 is 0 Å². The van der Waals surface area contributed by atoms with E-state index in [2.05, 4.69) is 0 Å². The number of fused-ring (bicyclic) bond motifs is 1. The highest BCUT2D eigenvalue weighted by Gasteiger charge is 2.38. The van der Waals surface area contributed by atoms with Crippen LogP contribution < -0.4 is 0 Å². The lowest BCUT2D eigenvalue weighted by Crippen LogP contribution is -2.50. The molecule has 1 saturated carbocycles. The number of amides is 1. The Kier molecular flexibility index (Phi) is 2.51. The molecule has 1 heterocycles. The summed E-state index contributed by atoms with van der Waals surface area (Å²) in [5.74, 6) is 0.0769. The molecule has 2 atom stereocenters. The smallest absolute Gasteiger partial charge is 0.231 e. The second-order valence-corrected chi connectivity index (χ2v) is 3.74. The number of hydrogen-bond donors (Lipinski definition) is 1. The van der Waals surface area contributed by atoms with Crippen LogP contribution >= 0.6 is 0 Å². The summed E-state index contributed by atoms with van der Waals surface area (Å²) in [6.07, 6.45) is 4.29. The van der Waals surface area contributed by atoms with Gasteiger partial charge >= 0.3 is 0 Å². The van der Waals surface area contributed by atoms with Crippen LogP contribution in [-0.4, -0.2) is 35.5 Å². The molecule has 0 aromatic heterocycles. The zero-order valence-electron chi connectivity index (χ0n) is 7.61. The molecular formula is C9H15NO3. The van der Waals surface area contributed by atoms with Crippen LogP contribution in [0.3, 0.4) is 0 Å². The minimum atomic E-state index is -0.220. The number of carbonyl (C=O) groups excluding carboxylic acids is 1. The van der Waals surface area contributed by atoms with Gasteiger partial charge < -0.3 is 9.84 Å². The van der Waals surface area contributed by atoms with Crippen LogP contribution in [0.25, 0.3) is 0 Å². The fraction of sp³-hybridized carbons (Fsp3) is 0.889. The van der Waals surface area contributed by atoms with Crippen molar-refractivity contribution in [2.45, 2.75) is 31.8 Å². The predicted octanol–water partition coefficient (Wildman–Crippen LogP) is 0.311. The van der Waals surface area contributed by atoms with Crippen LogP contribution in [0.5, 0.6) is 0 Å². The van der Waals surface area contributed by atoms with Crippen LogP contribution in [0, 0.1) is 5.92 Å². The Morgan fingerprint density at radius 2 is 2.23 bits per heavy atom. The van der Waals surface area contributed by atoms with Gasteiger partial charge in [0.05, 0.1) is 12.0 Å². The van der Waals surface area contributed by atoms with Gasteiger partial charge in [0.15, 0.2) is 0 Å². The molecule has 4 heteroatoms. The topological polar surface area (TPSA) is 49.8 Å². The Balaban J connectivity index is 2.05. The van der Waals surface area contributed by atoms with Gasteiger partial charge in [-0.05, 0) is 12.8 Å². The molecule has 0 aromatic rings. The predicted molar refractivity (Wildman–Crippen MR) is 45.6 cm³/mol. The van der Waals surface area contributed by atoms with E-state index in [4.69, 9.17) is 9.84 Å². The second kappa shape index (κ2) is 3.64. The van der Waals surface area contributed by atoms with E-state index in [1.165, 1.54) is 4.90 Å². The highest BCUT2D eigenvalue weighted by molar-refractivity contribution is 5.79. The molecule has 1 aliphatic heterocycles. The van der Waals surface area contributed by atoms with E-state index in [-0.39, 0.29) is 31.4 Å². The van der Waals surface area contributed by atoms with E-state index in [1.807, 2.05) is 0 Å². The molecule has 0 unspecified atom stereocenters. The molecule has 2 aliphatic rings. The van der Waals surface area contributed by atoms with Crippen molar-refractivity contribution in [3.05, 3.63) is 0 Å². The van der Waals surface area contributed by atoms with Crippen molar-refractivity contribution in [2.75, 3.05) is 13.5 Å². The largest absolute Gasteiger partial charge is 0.376 e. The molecule has 1 N–H and O–H groups in total. The van der Waals surface area contributed by atoms with E-state index in [1.54, 1.807) is 0 Å². The fourth-order valence-electron chi connectivity index (χ4n) is 2.17. The summed E-state index contributed by atoms with van der Waals surface area (Å²) in [5, 5.41) is 8.88. The van der Waals surface area contributed by atoms with Crippen molar-refractivity contribution in [2.24, 2.45) is 5.92 Å². The first-order chi connectivity index (χ1) is 6.33. The minimum Gasteiger partial charge on any atom is -0.376 e. The van der Waals surface area contributed by atoms with E-state index in [9.17, 15) is 4.79 Å². The van der Waals surface area contributed by atoms with Gasteiger partial charge in [-0.2, -0.15) is 0 Å². The zero-order valence-corrected chi connectivity index (χ0v) is 7.61. The summed E-state index contributed by atoms with van der Waals surface area (Å²) in [7, 11) is 0. The number of aliphatic hydroxyl groups is 1. The summed E-state index contributed by atoms with van der Waals surface area (Å²) < 4.78 is 5.50. The van der Waals surface area contributed by atoms with Crippen molar-refractivity contribution < 1.29 is 14.6 Å². The monoisotopic (exact) mass is 185 g/mol. The zero-order chi connectivity index (χ0) is 9.26. The first-order valence-corrected chi connectivity index (χ1v) is 4.84. The molecule has 2 fully saturated rings. The summed E-state index contributed by atoms with van der Waals surface area (Å²) in [6.45, 7) is 0.0402. The summed E-state index contributed by atoms with van der Waals surface area (Å²) in [6, 6.07) is 0. The highest BCUT2D eigenvalue weighted by atomic mass is 16.5. The maximum absolute atomic E-state index is 11.7. The van der Waals surface area contributed by atoms with Crippen LogP contribution in [0.2, 0.25) is 0 Å². The molecule has 0 aromatic carbocycles. The average molecular weight is 185 g/mol. The molecule has 1 saturated heterocycles. The first-order valence-electron chi connectivity index (χ1n) is 4.84. The second-order valence-electron chi connectivity index (χ2n) is 3.74. The van der Waals surface area contributed by atoms with Gasteiger partial charge in [-0.3, -0.25) is 9.69 Å². The van der Waals surface area contributed by atoms with Crippen molar-refractivity contribution in [1.82, 2.24) is 4.90 Å². The van der Waals surface area contributed by atoms with Crippen LogP contribution in [0.1, 0.15) is 25.7 Å². The Morgan fingerprint density at radius 1 is 1.46 bits per heavy atom. The minimum absolute atomic E-state index is 0.00894. The number of rotatable bonds is 1. The molecule has 74 valence electrons. The molecule has 1 aliphatic carbocycles. The van der Waals surface area contributed by atoms with E-state index >= 15 is 0 Å². The summed E-state index contributed by atoms with van der Waals surface area (Å²) >= 11 is 0. The number of hydrogen-bond acceptors (Lipinski definition) is 3. The molecule has 0 bridgehead atoms. The van der Waals surface area contributed by atoms with E-state index in [0.29, 0.717) is 0 Å². The number of ether oxygens (including phenoxy) is 1. The maximum Gasteiger partial charge on any atom is 0.231 e. The van der Waals surface area contributed by atoms with E-state index in [0.717, 1.165) is 25.7 Å². The molecule has 0 radical (unpaired) electrons. The Bertz CT molecular complexity index is 207. The third-order valence-electron chi connectivity index (χ3n) is 2.95. The molecule has 2 rings (SSSR count). The van der Waals surface area contributed by atoms with Crippen molar-refractivity contribution in [1.29, 1.82) is 0 Å². The van der Waals surface area contributed by atoms with Gasteiger partial charge in [-0.15, -0.1) is 0 Å². The Labute approximate surface area is 77.5 Å². The normalized spacial score (nSPS) is 34.5. The lowest BCUT2D eigenvalue weighted by atomic mass is 9.85.